The number of piperidine rings is 1. The van der Waals surface area contributed by atoms with Crippen LogP contribution in [0, 0.1) is 0 Å². The van der Waals surface area contributed by atoms with Crippen LogP contribution in [0.2, 0.25) is 0 Å². The Labute approximate surface area is 126 Å². The summed E-state index contributed by atoms with van der Waals surface area (Å²) in [5.74, 6) is 0.100. The van der Waals surface area contributed by atoms with Gasteiger partial charge in [-0.25, -0.2) is 4.79 Å². The van der Waals surface area contributed by atoms with Gasteiger partial charge in [-0.15, -0.1) is 0 Å². The largest absolute Gasteiger partial charge is 0.444 e. The average Bonchev–Trinajstić information content (AvgIpc) is 2.90. The van der Waals surface area contributed by atoms with E-state index < -0.39 is 5.60 Å². The molecule has 0 saturated carbocycles. The van der Waals surface area contributed by atoms with Crippen molar-refractivity contribution >= 4 is 12.0 Å². The second-order valence-electron chi connectivity index (χ2n) is 6.75. The molecule has 0 aliphatic carbocycles. The topological polar surface area (TPSA) is 67.9 Å². The number of ether oxygens (including phenoxy) is 2. The van der Waals surface area contributed by atoms with Crippen LogP contribution in [-0.4, -0.2) is 54.3 Å². The molecule has 21 heavy (non-hydrogen) atoms. The zero-order valence-corrected chi connectivity index (χ0v) is 13.2. The molecule has 2 aliphatic heterocycles. The van der Waals surface area contributed by atoms with Crippen LogP contribution >= 0.6 is 0 Å². The molecule has 0 bridgehead atoms. The first kappa shape index (κ1) is 16.1. The Morgan fingerprint density at radius 3 is 2.38 bits per heavy atom. The quantitative estimate of drug-likeness (QED) is 0.842. The molecule has 2 fully saturated rings. The van der Waals surface area contributed by atoms with Crippen molar-refractivity contribution in [1.29, 1.82) is 0 Å². The first-order valence-electron chi connectivity index (χ1n) is 7.75. The number of hydrogen-bond acceptors (Lipinski definition) is 4. The van der Waals surface area contributed by atoms with E-state index in [1.807, 2.05) is 25.7 Å². The minimum absolute atomic E-state index is 0.0772. The van der Waals surface area contributed by atoms with Gasteiger partial charge in [-0.1, -0.05) is 0 Å². The van der Waals surface area contributed by atoms with E-state index in [0.717, 1.165) is 25.7 Å². The lowest BCUT2D eigenvalue weighted by molar-refractivity contribution is -0.142. The fourth-order valence-electron chi connectivity index (χ4n) is 2.69. The fourth-order valence-corrected chi connectivity index (χ4v) is 2.69. The van der Waals surface area contributed by atoms with Gasteiger partial charge in [0.25, 0.3) is 5.91 Å². The highest BCUT2D eigenvalue weighted by atomic mass is 16.6. The SMILES string of the molecule is CC(C)(C)OC(=O)NC1CCN(C(=O)[C@H]2CCCO2)CC1. The van der Waals surface area contributed by atoms with Crippen LogP contribution in [0.4, 0.5) is 4.79 Å². The van der Waals surface area contributed by atoms with Crippen molar-refractivity contribution in [3.05, 3.63) is 0 Å². The second-order valence-corrected chi connectivity index (χ2v) is 6.75. The second kappa shape index (κ2) is 6.64. The lowest BCUT2D eigenvalue weighted by atomic mass is 10.0. The van der Waals surface area contributed by atoms with Crippen LogP contribution in [-0.2, 0) is 14.3 Å². The third-order valence-electron chi connectivity index (χ3n) is 3.73. The Hall–Kier alpha value is -1.30. The Bertz CT molecular complexity index is 378. The minimum Gasteiger partial charge on any atom is -0.444 e. The van der Waals surface area contributed by atoms with Gasteiger partial charge in [0, 0.05) is 25.7 Å². The maximum Gasteiger partial charge on any atom is 0.407 e. The molecule has 2 heterocycles. The summed E-state index contributed by atoms with van der Waals surface area (Å²) in [5.41, 5.74) is -0.486. The molecule has 1 N–H and O–H groups in total. The number of likely N-dealkylation sites (tertiary alicyclic amines) is 1. The van der Waals surface area contributed by atoms with Crippen LogP contribution in [0.15, 0.2) is 0 Å². The smallest absolute Gasteiger partial charge is 0.407 e. The van der Waals surface area contributed by atoms with Crippen molar-refractivity contribution in [3.8, 4) is 0 Å². The highest BCUT2D eigenvalue weighted by Gasteiger charge is 2.31. The third-order valence-corrected chi connectivity index (χ3v) is 3.73. The van der Waals surface area contributed by atoms with E-state index in [0.29, 0.717) is 19.7 Å². The van der Waals surface area contributed by atoms with Gasteiger partial charge in [0.2, 0.25) is 0 Å². The Morgan fingerprint density at radius 1 is 1.19 bits per heavy atom. The van der Waals surface area contributed by atoms with Gasteiger partial charge in [0.1, 0.15) is 11.7 Å². The number of nitrogens with zero attached hydrogens (tertiary/aromatic N) is 1. The minimum atomic E-state index is -0.486. The predicted octanol–water partition coefficient (Wildman–Crippen LogP) is 1.68. The van der Waals surface area contributed by atoms with E-state index in [-0.39, 0.29) is 24.1 Å². The first-order chi connectivity index (χ1) is 9.85. The molecule has 2 rings (SSSR count). The monoisotopic (exact) mass is 298 g/mol. The number of carbonyl (C=O) groups is 2. The van der Waals surface area contributed by atoms with Crippen molar-refractivity contribution < 1.29 is 19.1 Å². The molecule has 6 heteroatoms. The van der Waals surface area contributed by atoms with Crippen molar-refractivity contribution in [1.82, 2.24) is 10.2 Å². The molecule has 0 spiro atoms. The van der Waals surface area contributed by atoms with Crippen LogP contribution in [0.1, 0.15) is 46.5 Å². The predicted molar refractivity (Wildman–Crippen MR) is 77.9 cm³/mol. The lowest BCUT2D eigenvalue weighted by Crippen LogP contribution is -2.49. The summed E-state index contributed by atoms with van der Waals surface area (Å²) in [6, 6.07) is 0.0772. The zero-order valence-electron chi connectivity index (χ0n) is 13.2. The maximum atomic E-state index is 12.2. The van der Waals surface area contributed by atoms with E-state index in [4.69, 9.17) is 9.47 Å². The van der Waals surface area contributed by atoms with Crippen molar-refractivity contribution in [2.24, 2.45) is 0 Å². The molecule has 1 atom stereocenters. The number of amides is 2. The van der Waals surface area contributed by atoms with E-state index in [1.54, 1.807) is 0 Å². The molecule has 0 aromatic rings. The molecule has 120 valence electrons. The van der Waals surface area contributed by atoms with Crippen LogP contribution in [0.25, 0.3) is 0 Å². The van der Waals surface area contributed by atoms with Crippen molar-refractivity contribution in [3.63, 3.8) is 0 Å². The molecule has 0 aromatic heterocycles. The van der Waals surface area contributed by atoms with Crippen LogP contribution in [0.3, 0.4) is 0 Å². The van der Waals surface area contributed by atoms with Gasteiger partial charge in [-0.05, 0) is 46.5 Å². The average molecular weight is 298 g/mol. The third kappa shape index (κ3) is 4.88. The number of alkyl carbamates (subject to hydrolysis) is 1. The molecule has 0 radical (unpaired) electrons. The summed E-state index contributed by atoms with van der Waals surface area (Å²) in [4.78, 5) is 25.8. The summed E-state index contributed by atoms with van der Waals surface area (Å²) in [6.45, 7) is 7.55. The maximum absolute atomic E-state index is 12.2. The number of nitrogens with one attached hydrogen (secondary N) is 1. The molecular weight excluding hydrogens is 272 g/mol. The normalized spacial score (nSPS) is 24.0. The molecule has 0 aromatic carbocycles. The number of carbonyl (C=O) groups excluding carboxylic acids is 2. The summed E-state index contributed by atoms with van der Waals surface area (Å²) in [6.07, 6.45) is 2.68. The van der Waals surface area contributed by atoms with Crippen LogP contribution < -0.4 is 5.32 Å². The highest BCUT2D eigenvalue weighted by Crippen LogP contribution is 2.18. The molecule has 2 saturated heterocycles. The Morgan fingerprint density at radius 2 is 1.86 bits per heavy atom. The highest BCUT2D eigenvalue weighted by molar-refractivity contribution is 5.81. The van der Waals surface area contributed by atoms with Crippen molar-refractivity contribution in [2.75, 3.05) is 19.7 Å². The van der Waals surface area contributed by atoms with E-state index in [9.17, 15) is 9.59 Å². The van der Waals surface area contributed by atoms with Gasteiger partial charge in [-0.3, -0.25) is 4.79 Å². The molecule has 0 unspecified atom stereocenters. The van der Waals surface area contributed by atoms with E-state index in [1.165, 1.54) is 0 Å². The van der Waals surface area contributed by atoms with Gasteiger partial charge in [-0.2, -0.15) is 0 Å². The lowest BCUT2D eigenvalue weighted by Gasteiger charge is -2.34. The van der Waals surface area contributed by atoms with Crippen LogP contribution in [0.5, 0.6) is 0 Å². The zero-order chi connectivity index (χ0) is 15.5. The first-order valence-corrected chi connectivity index (χ1v) is 7.75. The molecule has 2 aliphatic rings. The number of hydrogen-bond donors (Lipinski definition) is 1. The molecule has 6 nitrogen and oxygen atoms in total. The summed E-state index contributed by atoms with van der Waals surface area (Å²) < 4.78 is 10.7. The summed E-state index contributed by atoms with van der Waals surface area (Å²) >= 11 is 0. The van der Waals surface area contributed by atoms with E-state index >= 15 is 0 Å². The summed E-state index contributed by atoms with van der Waals surface area (Å²) in [5, 5.41) is 2.87. The Balaban J connectivity index is 1.73. The number of rotatable bonds is 2. The van der Waals surface area contributed by atoms with Gasteiger partial charge >= 0.3 is 6.09 Å². The fraction of sp³-hybridized carbons (Fsp3) is 0.867. The standard InChI is InChI=1S/C15H26N2O4/c1-15(2,3)21-14(19)16-11-6-8-17(9-7-11)13(18)12-5-4-10-20-12/h11-12H,4-10H2,1-3H3,(H,16,19)/t12-/m1/s1. The molecular formula is C15H26N2O4. The van der Waals surface area contributed by atoms with Gasteiger partial charge in [0.05, 0.1) is 0 Å². The van der Waals surface area contributed by atoms with E-state index in [2.05, 4.69) is 5.32 Å². The van der Waals surface area contributed by atoms with Crippen molar-refractivity contribution in [2.45, 2.75) is 64.2 Å². The summed E-state index contributed by atoms with van der Waals surface area (Å²) in [7, 11) is 0. The van der Waals surface area contributed by atoms with Gasteiger partial charge < -0.3 is 19.7 Å². The molecule has 2 amide bonds. The van der Waals surface area contributed by atoms with Gasteiger partial charge in [0.15, 0.2) is 0 Å². The Kier molecular flexibility index (Phi) is 5.08.